The summed E-state index contributed by atoms with van der Waals surface area (Å²) in [6.45, 7) is 8.44. The van der Waals surface area contributed by atoms with Crippen molar-refractivity contribution in [2.24, 2.45) is 0 Å². The third kappa shape index (κ3) is 2.96. The number of rotatable bonds is 6. The summed E-state index contributed by atoms with van der Waals surface area (Å²) in [5.41, 5.74) is 4.40. The van der Waals surface area contributed by atoms with E-state index in [4.69, 9.17) is 9.72 Å². The monoisotopic (exact) mass is 355 g/mol. The van der Waals surface area contributed by atoms with Crippen molar-refractivity contribution in [3.63, 3.8) is 0 Å². The number of fused-ring (bicyclic) bond motifs is 1. The largest absolute Gasteiger partial charge is 0.494 e. The fraction of sp³-hybridized carbons (Fsp3) is 0.429. The van der Waals surface area contributed by atoms with Gasteiger partial charge in [0.25, 0.3) is 0 Å². The van der Waals surface area contributed by atoms with Gasteiger partial charge in [-0.25, -0.2) is 14.4 Å². The Morgan fingerprint density at radius 3 is 2.50 bits per heavy atom. The molecule has 0 aliphatic carbocycles. The maximum Gasteiger partial charge on any atom is 0.165 e. The summed E-state index contributed by atoms with van der Waals surface area (Å²) in [5.74, 6) is 0.918. The molecule has 26 heavy (non-hydrogen) atoms. The average molecular weight is 355 g/mol. The van der Waals surface area contributed by atoms with Crippen LogP contribution in [0, 0.1) is 12.7 Å². The minimum Gasteiger partial charge on any atom is -0.494 e. The molecule has 0 N–H and O–H groups in total. The number of aryl methyl sites for hydroxylation is 2. The molecule has 0 aliphatic rings. The average Bonchev–Trinajstić information content (AvgIpc) is 3.03. The van der Waals surface area contributed by atoms with Crippen LogP contribution in [0.4, 0.5) is 4.39 Å². The normalized spacial score (nSPS) is 11.5. The second-order valence-corrected chi connectivity index (χ2v) is 6.55. The summed E-state index contributed by atoms with van der Waals surface area (Å²) >= 11 is 0. The summed E-state index contributed by atoms with van der Waals surface area (Å²) in [6.07, 6.45) is 4.68. The molecule has 4 nitrogen and oxygen atoms in total. The number of benzene rings is 1. The predicted molar refractivity (Wildman–Crippen MR) is 103 cm³/mol. The van der Waals surface area contributed by atoms with Gasteiger partial charge in [-0.15, -0.1) is 0 Å². The van der Waals surface area contributed by atoms with Crippen LogP contribution in [-0.2, 0) is 6.42 Å². The smallest absolute Gasteiger partial charge is 0.165 e. The highest BCUT2D eigenvalue weighted by molar-refractivity contribution is 5.91. The topological polar surface area (TPSA) is 39.9 Å². The van der Waals surface area contributed by atoms with Gasteiger partial charge in [-0.1, -0.05) is 20.8 Å². The van der Waals surface area contributed by atoms with Crippen molar-refractivity contribution in [1.29, 1.82) is 0 Å². The summed E-state index contributed by atoms with van der Waals surface area (Å²) in [5, 5.41) is 0. The molecule has 0 aliphatic heterocycles. The van der Waals surface area contributed by atoms with Crippen LogP contribution in [0.1, 0.15) is 51.0 Å². The number of methoxy groups -OCH3 is 1. The Kier molecular flexibility index (Phi) is 5.25. The van der Waals surface area contributed by atoms with E-state index < -0.39 is 0 Å². The number of imidazole rings is 1. The van der Waals surface area contributed by atoms with E-state index >= 15 is 0 Å². The molecule has 0 amide bonds. The molecular weight excluding hydrogens is 329 g/mol. The number of pyridine rings is 1. The van der Waals surface area contributed by atoms with Crippen molar-refractivity contribution in [3.8, 4) is 16.9 Å². The number of nitrogens with zero attached hydrogens (tertiary/aromatic N) is 3. The molecule has 0 radical (unpaired) electrons. The second kappa shape index (κ2) is 7.44. The van der Waals surface area contributed by atoms with Gasteiger partial charge in [0.05, 0.1) is 7.11 Å². The number of ether oxygens (including phenoxy) is 1. The Morgan fingerprint density at radius 2 is 1.88 bits per heavy atom. The third-order valence-corrected chi connectivity index (χ3v) is 5.06. The number of aromatic nitrogens is 3. The maximum atomic E-state index is 14.3. The highest BCUT2D eigenvalue weighted by atomic mass is 19.1. The van der Waals surface area contributed by atoms with E-state index in [1.165, 1.54) is 13.2 Å². The predicted octanol–water partition coefficient (Wildman–Crippen LogP) is 5.48. The van der Waals surface area contributed by atoms with Crippen molar-refractivity contribution in [2.75, 3.05) is 7.11 Å². The molecule has 2 aromatic heterocycles. The first kappa shape index (κ1) is 18.4. The molecule has 3 aromatic rings. The molecule has 0 atom stereocenters. The van der Waals surface area contributed by atoms with Crippen molar-refractivity contribution >= 4 is 11.2 Å². The summed E-state index contributed by atoms with van der Waals surface area (Å²) in [6, 6.07) is 5.55. The molecule has 0 saturated heterocycles. The standard InChI is InChI=1S/C21H26FN3O/c1-6-14(7-2)25-19(8-3)24-20-15(9-10-23-21(20)25)16-12-17(22)18(26-5)11-13(16)4/h9-12,14H,6-8H2,1-5H3. The van der Waals surface area contributed by atoms with Gasteiger partial charge in [-0.05, 0) is 49.1 Å². The van der Waals surface area contributed by atoms with E-state index in [0.29, 0.717) is 6.04 Å². The van der Waals surface area contributed by atoms with E-state index in [2.05, 4.69) is 30.3 Å². The van der Waals surface area contributed by atoms with Crippen LogP contribution < -0.4 is 4.74 Å². The lowest BCUT2D eigenvalue weighted by atomic mass is 10.00. The zero-order valence-corrected chi connectivity index (χ0v) is 16.1. The van der Waals surface area contributed by atoms with Gasteiger partial charge in [-0.2, -0.15) is 0 Å². The van der Waals surface area contributed by atoms with Crippen LogP contribution in [0.15, 0.2) is 24.4 Å². The Balaban J connectivity index is 2.28. The van der Waals surface area contributed by atoms with Crippen LogP contribution in [0.5, 0.6) is 5.75 Å². The number of hydrogen-bond acceptors (Lipinski definition) is 3. The fourth-order valence-electron chi connectivity index (χ4n) is 3.64. The summed E-state index contributed by atoms with van der Waals surface area (Å²) in [4.78, 5) is 9.51. The Morgan fingerprint density at radius 1 is 1.15 bits per heavy atom. The van der Waals surface area contributed by atoms with Crippen molar-refractivity contribution in [1.82, 2.24) is 14.5 Å². The first-order chi connectivity index (χ1) is 12.5. The molecule has 0 fully saturated rings. The zero-order valence-electron chi connectivity index (χ0n) is 16.1. The highest BCUT2D eigenvalue weighted by Gasteiger charge is 2.20. The van der Waals surface area contributed by atoms with Gasteiger partial charge in [0.15, 0.2) is 17.2 Å². The summed E-state index contributed by atoms with van der Waals surface area (Å²) in [7, 11) is 1.48. The van der Waals surface area contributed by atoms with Crippen LogP contribution in [0.25, 0.3) is 22.3 Å². The van der Waals surface area contributed by atoms with E-state index in [1.807, 2.05) is 13.0 Å². The molecule has 5 heteroatoms. The van der Waals surface area contributed by atoms with Gasteiger partial charge in [0.2, 0.25) is 0 Å². The molecule has 3 rings (SSSR count). The lowest BCUT2D eigenvalue weighted by Crippen LogP contribution is -2.11. The van der Waals surface area contributed by atoms with Crippen molar-refractivity contribution in [2.45, 2.75) is 53.0 Å². The summed E-state index contributed by atoms with van der Waals surface area (Å²) < 4.78 is 21.7. The van der Waals surface area contributed by atoms with Crippen LogP contribution in [0.2, 0.25) is 0 Å². The quantitative estimate of drug-likeness (QED) is 0.588. The molecule has 138 valence electrons. The fourth-order valence-corrected chi connectivity index (χ4v) is 3.64. The third-order valence-electron chi connectivity index (χ3n) is 5.06. The first-order valence-electron chi connectivity index (χ1n) is 9.25. The molecule has 1 aromatic carbocycles. The second-order valence-electron chi connectivity index (χ2n) is 6.55. The number of hydrogen-bond donors (Lipinski definition) is 0. The number of halogens is 1. The van der Waals surface area contributed by atoms with Crippen LogP contribution >= 0.6 is 0 Å². The van der Waals surface area contributed by atoms with Crippen molar-refractivity contribution in [3.05, 3.63) is 41.6 Å². The molecule has 0 unspecified atom stereocenters. The van der Waals surface area contributed by atoms with E-state index in [9.17, 15) is 4.39 Å². The van der Waals surface area contributed by atoms with E-state index in [-0.39, 0.29) is 11.6 Å². The molecular formula is C21H26FN3O. The van der Waals surface area contributed by atoms with Gasteiger partial charge in [0, 0.05) is 24.2 Å². The van der Waals surface area contributed by atoms with Crippen molar-refractivity contribution < 1.29 is 9.13 Å². The first-order valence-corrected chi connectivity index (χ1v) is 9.25. The molecule has 0 spiro atoms. The van der Waals surface area contributed by atoms with Crippen LogP contribution in [-0.4, -0.2) is 21.6 Å². The Labute approximate surface area is 154 Å². The maximum absolute atomic E-state index is 14.3. The molecule has 0 bridgehead atoms. The Hall–Kier alpha value is -2.43. The van der Waals surface area contributed by atoms with E-state index in [1.54, 1.807) is 12.3 Å². The van der Waals surface area contributed by atoms with Gasteiger partial charge >= 0.3 is 0 Å². The molecule has 2 heterocycles. The minimum absolute atomic E-state index is 0.258. The lowest BCUT2D eigenvalue weighted by molar-refractivity contribution is 0.386. The Bertz CT molecular complexity index is 929. The minimum atomic E-state index is -0.367. The lowest BCUT2D eigenvalue weighted by Gasteiger charge is -2.17. The highest BCUT2D eigenvalue weighted by Crippen LogP contribution is 2.35. The van der Waals surface area contributed by atoms with Gasteiger partial charge in [0.1, 0.15) is 11.3 Å². The molecule has 0 saturated carbocycles. The van der Waals surface area contributed by atoms with Gasteiger partial charge in [-0.3, -0.25) is 0 Å². The van der Waals surface area contributed by atoms with Crippen LogP contribution in [0.3, 0.4) is 0 Å². The SMILES string of the molecule is CCc1nc2c(-c3cc(F)c(OC)cc3C)ccnc2n1C(CC)CC. The van der Waals surface area contributed by atoms with E-state index in [0.717, 1.165) is 52.9 Å². The zero-order chi connectivity index (χ0) is 18.8. The van der Waals surface area contributed by atoms with Gasteiger partial charge < -0.3 is 9.30 Å².